The third-order valence-electron chi connectivity index (χ3n) is 4.10. The molecule has 2 saturated heterocycles. The van der Waals surface area contributed by atoms with Gasteiger partial charge >= 0.3 is 0 Å². The monoisotopic (exact) mass is 292 g/mol. The number of morpholine rings is 1. The standard InChI is InChI=1S/C14H24N6O/c1-3-11-10-20(8-9-21-11)14-17-12(15-2)16-13(18-14)19-6-4-5-7-19/h11H,3-10H2,1-2H3,(H,15,16,17,18). The Labute approximate surface area is 125 Å². The molecule has 1 atom stereocenters. The van der Waals surface area contributed by atoms with Crippen molar-refractivity contribution >= 4 is 17.8 Å². The van der Waals surface area contributed by atoms with Crippen molar-refractivity contribution in [2.24, 2.45) is 0 Å². The van der Waals surface area contributed by atoms with E-state index in [1.807, 2.05) is 7.05 Å². The van der Waals surface area contributed by atoms with Crippen LogP contribution in [0.25, 0.3) is 0 Å². The van der Waals surface area contributed by atoms with E-state index in [2.05, 4.69) is 37.0 Å². The summed E-state index contributed by atoms with van der Waals surface area (Å²) >= 11 is 0. The quantitative estimate of drug-likeness (QED) is 0.892. The molecule has 7 nitrogen and oxygen atoms in total. The van der Waals surface area contributed by atoms with E-state index in [0.29, 0.717) is 5.95 Å². The summed E-state index contributed by atoms with van der Waals surface area (Å²) in [5.74, 6) is 2.20. The Balaban J connectivity index is 1.84. The lowest BCUT2D eigenvalue weighted by Gasteiger charge is -2.32. The van der Waals surface area contributed by atoms with Gasteiger partial charge in [0.2, 0.25) is 17.8 Å². The molecule has 1 unspecified atom stereocenters. The third kappa shape index (κ3) is 3.18. The minimum Gasteiger partial charge on any atom is -0.375 e. The van der Waals surface area contributed by atoms with Gasteiger partial charge in [0.05, 0.1) is 12.7 Å². The molecule has 0 amide bonds. The van der Waals surface area contributed by atoms with Gasteiger partial charge in [-0.25, -0.2) is 0 Å². The number of anilines is 3. The van der Waals surface area contributed by atoms with Gasteiger partial charge in [-0.2, -0.15) is 15.0 Å². The van der Waals surface area contributed by atoms with Crippen LogP contribution in [0.5, 0.6) is 0 Å². The SMILES string of the molecule is CCC1CN(c2nc(NC)nc(N3CCCC3)n2)CCO1. The second-order valence-corrected chi connectivity index (χ2v) is 5.55. The molecule has 116 valence electrons. The zero-order valence-electron chi connectivity index (χ0n) is 12.9. The highest BCUT2D eigenvalue weighted by Gasteiger charge is 2.24. The maximum Gasteiger partial charge on any atom is 0.232 e. The maximum absolute atomic E-state index is 5.73. The fourth-order valence-corrected chi connectivity index (χ4v) is 2.81. The molecule has 21 heavy (non-hydrogen) atoms. The molecule has 3 heterocycles. The van der Waals surface area contributed by atoms with E-state index < -0.39 is 0 Å². The molecule has 2 fully saturated rings. The van der Waals surface area contributed by atoms with Gasteiger partial charge in [-0.1, -0.05) is 6.92 Å². The Kier molecular flexibility index (Phi) is 4.38. The molecule has 0 spiro atoms. The topological polar surface area (TPSA) is 66.4 Å². The molecule has 1 aromatic heterocycles. The predicted molar refractivity (Wildman–Crippen MR) is 83.1 cm³/mol. The predicted octanol–water partition coefficient (Wildman–Crippen LogP) is 1.13. The summed E-state index contributed by atoms with van der Waals surface area (Å²) in [6.45, 7) is 6.64. The first-order valence-corrected chi connectivity index (χ1v) is 7.85. The number of nitrogens with zero attached hydrogens (tertiary/aromatic N) is 5. The molecule has 0 radical (unpaired) electrons. The van der Waals surface area contributed by atoms with Crippen molar-refractivity contribution in [2.45, 2.75) is 32.3 Å². The fourth-order valence-electron chi connectivity index (χ4n) is 2.81. The average Bonchev–Trinajstić information content (AvgIpc) is 3.09. The summed E-state index contributed by atoms with van der Waals surface area (Å²) < 4.78 is 5.73. The molecule has 0 saturated carbocycles. The molecule has 0 aromatic carbocycles. The normalized spacial score (nSPS) is 22.7. The molecule has 7 heteroatoms. The number of hydrogen-bond donors (Lipinski definition) is 1. The molecule has 0 aliphatic carbocycles. The highest BCUT2D eigenvalue weighted by atomic mass is 16.5. The summed E-state index contributed by atoms with van der Waals surface area (Å²) in [6, 6.07) is 0. The van der Waals surface area contributed by atoms with Crippen LogP contribution in [0.3, 0.4) is 0 Å². The van der Waals surface area contributed by atoms with Crippen molar-refractivity contribution in [3.8, 4) is 0 Å². The van der Waals surface area contributed by atoms with Crippen LogP contribution in [-0.4, -0.2) is 60.9 Å². The third-order valence-corrected chi connectivity index (χ3v) is 4.10. The Morgan fingerprint density at radius 1 is 1.10 bits per heavy atom. The summed E-state index contributed by atoms with van der Waals surface area (Å²) in [5, 5.41) is 3.05. The van der Waals surface area contributed by atoms with E-state index >= 15 is 0 Å². The van der Waals surface area contributed by atoms with Gasteiger partial charge in [0.1, 0.15) is 0 Å². The van der Waals surface area contributed by atoms with Crippen molar-refractivity contribution in [1.29, 1.82) is 0 Å². The molecule has 3 rings (SSSR count). The van der Waals surface area contributed by atoms with E-state index in [-0.39, 0.29) is 6.10 Å². The Morgan fingerprint density at radius 3 is 2.48 bits per heavy atom. The molecule has 2 aliphatic heterocycles. The average molecular weight is 292 g/mol. The second-order valence-electron chi connectivity index (χ2n) is 5.55. The van der Waals surface area contributed by atoms with Gasteiger partial charge < -0.3 is 19.9 Å². The van der Waals surface area contributed by atoms with Crippen molar-refractivity contribution in [3.05, 3.63) is 0 Å². The van der Waals surface area contributed by atoms with Crippen LogP contribution in [0.15, 0.2) is 0 Å². The molecular formula is C14H24N6O. The zero-order chi connectivity index (χ0) is 14.7. The van der Waals surface area contributed by atoms with Gasteiger partial charge in [0.15, 0.2) is 0 Å². The molecule has 1 N–H and O–H groups in total. The van der Waals surface area contributed by atoms with Gasteiger partial charge in [-0.3, -0.25) is 0 Å². The molecular weight excluding hydrogens is 268 g/mol. The molecule has 1 aromatic rings. The molecule has 0 bridgehead atoms. The minimum atomic E-state index is 0.267. The van der Waals surface area contributed by atoms with Gasteiger partial charge in [-0.05, 0) is 19.3 Å². The summed E-state index contributed by atoms with van der Waals surface area (Å²) in [6.07, 6.45) is 3.71. The number of nitrogens with one attached hydrogen (secondary N) is 1. The Hall–Kier alpha value is -1.63. The largest absolute Gasteiger partial charge is 0.375 e. The van der Waals surface area contributed by atoms with Gasteiger partial charge in [0.25, 0.3) is 0 Å². The van der Waals surface area contributed by atoms with Crippen LogP contribution in [0.1, 0.15) is 26.2 Å². The highest BCUT2D eigenvalue weighted by Crippen LogP contribution is 2.21. The van der Waals surface area contributed by atoms with Crippen LogP contribution in [0.4, 0.5) is 17.8 Å². The first kappa shape index (κ1) is 14.3. The van der Waals surface area contributed by atoms with Crippen molar-refractivity contribution < 1.29 is 4.74 Å². The van der Waals surface area contributed by atoms with Crippen LogP contribution in [0.2, 0.25) is 0 Å². The first-order chi connectivity index (χ1) is 10.3. The molecule has 2 aliphatic rings. The van der Waals surface area contributed by atoms with Crippen molar-refractivity contribution in [1.82, 2.24) is 15.0 Å². The van der Waals surface area contributed by atoms with E-state index in [1.54, 1.807) is 0 Å². The lowest BCUT2D eigenvalue weighted by molar-refractivity contribution is 0.0379. The second kappa shape index (κ2) is 6.43. The Morgan fingerprint density at radius 2 is 1.81 bits per heavy atom. The smallest absolute Gasteiger partial charge is 0.232 e. The lowest BCUT2D eigenvalue weighted by atomic mass is 10.2. The zero-order valence-corrected chi connectivity index (χ0v) is 12.9. The number of ether oxygens (including phenoxy) is 1. The fraction of sp³-hybridized carbons (Fsp3) is 0.786. The summed E-state index contributed by atoms with van der Waals surface area (Å²) in [5.41, 5.74) is 0. The van der Waals surface area contributed by atoms with E-state index in [9.17, 15) is 0 Å². The van der Waals surface area contributed by atoms with Crippen molar-refractivity contribution in [3.63, 3.8) is 0 Å². The number of aromatic nitrogens is 3. The van der Waals surface area contributed by atoms with Gasteiger partial charge in [-0.15, -0.1) is 0 Å². The van der Waals surface area contributed by atoms with Crippen LogP contribution >= 0.6 is 0 Å². The summed E-state index contributed by atoms with van der Waals surface area (Å²) in [7, 11) is 1.85. The minimum absolute atomic E-state index is 0.267. The van der Waals surface area contributed by atoms with Crippen LogP contribution in [-0.2, 0) is 4.74 Å². The van der Waals surface area contributed by atoms with Crippen LogP contribution < -0.4 is 15.1 Å². The van der Waals surface area contributed by atoms with E-state index in [1.165, 1.54) is 12.8 Å². The van der Waals surface area contributed by atoms with Gasteiger partial charge in [0, 0.05) is 33.2 Å². The lowest BCUT2D eigenvalue weighted by Crippen LogP contribution is -2.43. The maximum atomic E-state index is 5.73. The highest BCUT2D eigenvalue weighted by molar-refractivity contribution is 5.45. The van der Waals surface area contributed by atoms with E-state index in [0.717, 1.165) is 51.1 Å². The summed E-state index contributed by atoms with van der Waals surface area (Å²) in [4.78, 5) is 18.2. The van der Waals surface area contributed by atoms with Crippen molar-refractivity contribution in [2.75, 3.05) is 55.0 Å². The number of rotatable bonds is 4. The first-order valence-electron chi connectivity index (χ1n) is 7.85. The Bertz CT molecular complexity index is 477. The number of hydrogen-bond acceptors (Lipinski definition) is 7. The van der Waals surface area contributed by atoms with Crippen LogP contribution in [0, 0.1) is 0 Å². The van der Waals surface area contributed by atoms with E-state index in [4.69, 9.17) is 4.74 Å².